The van der Waals surface area contributed by atoms with E-state index in [-0.39, 0.29) is 6.42 Å². The van der Waals surface area contributed by atoms with Gasteiger partial charge in [0.1, 0.15) is 6.04 Å². The zero-order valence-electron chi connectivity index (χ0n) is 12.3. The van der Waals surface area contributed by atoms with Crippen molar-refractivity contribution >= 4 is 11.9 Å². The van der Waals surface area contributed by atoms with Gasteiger partial charge in [-0.15, -0.1) is 0 Å². The summed E-state index contributed by atoms with van der Waals surface area (Å²) in [6, 6.07) is 9.84. The fraction of sp³-hybridized carbons (Fsp3) is 0.118. The number of hydrogen-bond acceptors (Lipinski definition) is 3. The molecule has 5 nitrogen and oxygen atoms in total. The molecule has 0 aromatic heterocycles. The zero-order chi connectivity index (χ0) is 17.7. The van der Waals surface area contributed by atoms with Crippen molar-refractivity contribution in [1.29, 1.82) is 5.26 Å². The molecule has 0 aliphatic rings. The zero-order valence-corrected chi connectivity index (χ0v) is 12.3. The molecule has 2 N–H and O–H groups in total. The van der Waals surface area contributed by atoms with Crippen LogP contribution in [0.1, 0.15) is 21.5 Å². The molecular weight excluding hydrogens is 318 g/mol. The van der Waals surface area contributed by atoms with Crippen LogP contribution < -0.4 is 5.32 Å². The Kier molecular flexibility index (Phi) is 5.22. The summed E-state index contributed by atoms with van der Waals surface area (Å²) < 4.78 is 26.8. The summed E-state index contributed by atoms with van der Waals surface area (Å²) >= 11 is 0. The molecule has 0 spiro atoms. The molecule has 0 aliphatic heterocycles. The normalized spacial score (nSPS) is 11.4. The number of halogens is 2. The maximum Gasteiger partial charge on any atom is 0.326 e. The topological polar surface area (TPSA) is 90.2 Å². The van der Waals surface area contributed by atoms with Crippen molar-refractivity contribution in [1.82, 2.24) is 5.32 Å². The second-order valence-electron chi connectivity index (χ2n) is 4.98. The highest BCUT2D eigenvalue weighted by Crippen LogP contribution is 2.12. The number of carbonyl (C=O) groups excluding carboxylic acids is 1. The summed E-state index contributed by atoms with van der Waals surface area (Å²) in [6.45, 7) is 0. The summed E-state index contributed by atoms with van der Waals surface area (Å²) in [5.74, 6) is -4.86. The molecule has 0 aliphatic carbocycles. The van der Waals surface area contributed by atoms with Crippen molar-refractivity contribution in [2.24, 2.45) is 0 Å². The van der Waals surface area contributed by atoms with Crippen molar-refractivity contribution in [3.05, 3.63) is 70.8 Å². The van der Waals surface area contributed by atoms with E-state index >= 15 is 0 Å². The second kappa shape index (κ2) is 7.33. The second-order valence-corrected chi connectivity index (χ2v) is 4.98. The monoisotopic (exact) mass is 330 g/mol. The smallest absolute Gasteiger partial charge is 0.326 e. The maximum absolute atomic E-state index is 13.6. The Bertz CT molecular complexity index is 814. The lowest BCUT2D eigenvalue weighted by Gasteiger charge is -2.15. The van der Waals surface area contributed by atoms with Crippen molar-refractivity contribution in [3.8, 4) is 6.07 Å². The molecule has 0 fully saturated rings. The fourth-order valence-electron chi connectivity index (χ4n) is 2.07. The number of nitrogens with zero attached hydrogens (tertiary/aromatic N) is 1. The number of nitriles is 1. The van der Waals surface area contributed by atoms with Gasteiger partial charge in [-0.05, 0) is 29.8 Å². The number of rotatable bonds is 5. The van der Waals surface area contributed by atoms with E-state index in [4.69, 9.17) is 5.26 Å². The van der Waals surface area contributed by atoms with Crippen molar-refractivity contribution < 1.29 is 23.5 Å². The van der Waals surface area contributed by atoms with E-state index in [1.54, 1.807) is 12.1 Å². The van der Waals surface area contributed by atoms with E-state index in [0.717, 1.165) is 18.2 Å². The molecule has 2 rings (SSSR count). The highest BCUT2D eigenvalue weighted by Gasteiger charge is 2.23. The molecule has 2 aromatic rings. The highest BCUT2D eigenvalue weighted by atomic mass is 19.2. The molecular formula is C17H12F2N2O3. The molecule has 0 heterocycles. The number of carbonyl (C=O) groups is 2. The predicted octanol–water partition coefficient (Wildman–Crippen LogP) is 2.26. The Morgan fingerprint density at radius 1 is 1.17 bits per heavy atom. The first kappa shape index (κ1) is 17.1. The molecule has 0 saturated heterocycles. The predicted molar refractivity (Wildman–Crippen MR) is 80.1 cm³/mol. The maximum atomic E-state index is 13.6. The van der Waals surface area contributed by atoms with Gasteiger partial charge < -0.3 is 10.4 Å². The van der Waals surface area contributed by atoms with E-state index < -0.39 is 35.1 Å². The first-order valence-electron chi connectivity index (χ1n) is 6.89. The Hall–Kier alpha value is -3.27. The van der Waals surface area contributed by atoms with Crippen LogP contribution in [0, 0.1) is 23.0 Å². The van der Waals surface area contributed by atoms with E-state index in [2.05, 4.69) is 5.32 Å². The summed E-state index contributed by atoms with van der Waals surface area (Å²) in [7, 11) is 0. The summed E-state index contributed by atoms with van der Waals surface area (Å²) in [5, 5.41) is 20.1. The summed E-state index contributed by atoms with van der Waals surface area (Å²) in [4.78, 5) is 23.3. The van der Waals surface area contributed by atoms with Gasteiger partial charge in [-0.1, -0.05) is 18.2 Å². The molecule has 0 saturated carbocycles. The van der Waals surface area contributed by atoms with Gasteiger partial charge in [-0.3, -0.25) is 4.79 Å². The number of nitrogens with one attached hydrogen (secondary N) is 1. The quantitative estimate of drug-likeness (QED) is 0.880. The van der Waals surface area contributed by atoms with E-state index in [9.17, 15) is 23.5 Å². The van der Waals surface area contributed by atoms with E-state index in [1.807, 2.05) is 6.07 Å². The van der Waals surface area contributed by atoms with Gasteiger partial charge in [0, 0.05) is 6.42 Å². The van der Waals surface area contributed by atoms with Gasteiger partial charge in [0.15, 0.2) is 11.6 Å². The molecule has 1 amide bonds. The number of benzene rings is 2. The summed E-state index contributed by atoms with van der Waals surface area (Å²) in [5.41, 5.74) is 0.416. The number of aliphatic carboxylic acids is 1. The lowest BCUT2D eigenvalue weighted by Crippen LogP contribution is -2.42. The van der Waals surface area contributed by atoms with E-state index in [0.29, 0.717) is 11.1 Å². The van der Waals surface area contributed by atoms with Gasteiger partial charge in [-0.2, -0.15) is 5.26 Å². The van der Waals surface area contributed by atoms with Gasteiger partial charge in [0.25, 0.3) is 5.91 Å². The van der Waals surface area contributed by atoms with Crippen molar-refractivity contribution in [2.75, 3.05) is 0 Å². The van der Waals surface area contributed by atoms with Crippen LogP contribution in [0.15, 0.2) is 42.5 Å². The van der Waals surface area contributed by atoms with Crippen LogP contribution in [-0.4, -0.2) is 23.0 Å². The number of carboxylic acids is 1. The largest absolute Gasteiger partial charge is 0.480 e. The van der Waals surface area contributed by atoms with Crippen LogP contribution in [0.25, 0.3) is 0 Å². The van der Waals surface area contributed by atoms with Crippen LogP contribution in [0.2, 0.25) is 0 Å². The van der Waals surface area contributed by atoms with Crippen LogP contribution in [0.5, 0.6) is 0 Å². The minimum absolute atomic E-state index is 0.0658. The minimum atomic E-state index is -1.34. The summed E-state index contributed by atoms with van der Waals surface area (Å²) in [6.07, 6.45) is -0.0658. The fourth-order valence-corrected chi connectivity index (χ4v) is 2.07. The van der Waals surface area contributed by atoms with Gasteiger partial charge in [0.05, 0.1) is 17.2 Å². The number of amides is 1. The molecule has 24 heavy (non-hydrogen) atoms. The molecule has 1 atom stereocenters. The third-order valence-corrected chi connectivity index (χ3v) is 3.32. The van der Waals surface area contributed by atoms with Crippen molar-refractivity contribution in [3.63, 3.8) is 0 Å². The molecule has 0 bridgehead atoms. The third-order valence-electron chi connectivity index (χ3n) is 3.32. The van der Waals surface area contributed by atoms with Crippen LogP contribution in [0.4, 0.5) is 8.78 Å². The Balaban J connectivity index is 2.16. The first-order chi connectivity index (χ1) is 11.4. The molecule has 2 aromatic carbocycles. The minimum Gasteiger partial charge on any atom is -0.480 e. The van der Waals surface area contributed by atoms with Crippen molar-refractivity contribution in [2.45, 2.75) is 12.5 Å². The van der Waals surface area contributed by atoms with Gasteiger partial charge in [0.2, 0.25) is 0 Å². The highest BCUT2D eigenvalue weighted by molar-refractivity contribution is 5.96. The third kappa shape index (κ3) is 3.93. The molecule has 7 heteroatoms. The molecule has 0 unspecified atom stereocenters. The van der Waals surface area contributed by atoms with Crippen LogP contribution in [0.3, 0.4) is 0 Å². The van der Waals surface area contributed by atoms with Crippen LogP contribution in [-0.2, 0) is 11.2 Å². The average molecular weight is 330 g/mol. The van der Waals surface area contributed by atoms with Gasteiger partial charge >= 0.3 is 5.97 Å². The van der Waals surface area contributed by atoms with Gasteiger partial charge in [-0.25, -0.2) is 13.6 Å². The van der Waals surface area contributed by atoms with E-state index in [1.165, 1.54) is 12.1 Å². The first-order valence-corrected chi connectivity index (χ1v) is 6.89. The Morgan fingerprint density at radius 3 is 2.42 bits per heavy atom. The number of carboxylic acid groups (broad SMARTS) is 1. The van der Waals surface area contributed by atoms with Crippen LogP contribution >= 0.6 is 0 Å². The number of hydrogen-bond donors (Lipinski definition) is 2. The average Bonchev–Trinajstić information content (AvgIpc) is 2.57. The Morgan fingerprint density at radius 2 is 1.83 bits per heavy atom. The Labute approximate surface area is 136 Å². The SMILES string of the molecule is N#Cc1ccc(C[C@@H](NC(=O)c2cccc(F)c2F)C(=O)O)cc1. The lowest BCUT2D eigenvalue weighted by atomic mass is 10.0. The lowest BCUT2D eigenvalue weighted by molar-refractivity contribution is -0.139. The standard InChI is InChI=1S/C17H12F2N2O3/c18-13-3-1-2-12(15(13)19)16(22)21-14(17(23)24)8-10-4-6-11(9-20)7-5-10/h1-7,14H,8H2,(H,21,22)(H,23,24)/t14-/m1/s1. The molecule has 0 radical (unpaired) electrons. The molecule has 122 valence electrons.